The molecule has 0 aliphatic rings. The maximum absolute atomic E-state index is 12.5. The molecule has 0 saturated heterocycles. The molecule has 0 heterocycles. The molecule has 2 atom stereocenters. The van der Waals surface area contributed by atoms with Crippen LogP contribution in [0, 0.1) is 0 Å². The van der Waals surface area contributed by atoms with Gasteiger partial charge >= 0.3 is 5.97 Å². The lowest BCUT2D eigenvalue weighted by Crippen LogP contribution is -2.45. The van der Waals surface area contributed by atoms with Gasteiger partial charge in [-0.25, -0.2) is 0 Å². The summed E-state index contributed by atoms with van der Waals surface area (Å²) in [6.45, 7) is 4.97. The van der Waals surface area contributed by atoms with Gasteiger partial charge in [-0.15, -0.1) is 0 Å². The van der Waals surface area contributed by atoms with E-state index in [9.17, 15) is 19.8 Å². The predicted octanol–water partition coefficient (Wildman–Crippen LogP) is 20.6. The molecule has 0 bridgehead atoms. The van der Waals surface area contributed by atoms with Gasteiger partial charge in [0.2, 0.25) is 5.91 Å². The first-order valence-electron chi connectivity index (χ1n) is 32.6. The number of hydrogen-bond acceptors (Lipinski definition) is 5. The van der Waals surface area contributed by atoms with Crippen molar-refractivity contribution in [2.75, 3.05) is 13.2 Å². The molecule has 0 radical (unpaired) electrons. The third kappa shape index (κ3) is 57.6. The van der Waals surface area contributed by atoms with Gasteiger partial charge in [-0.3, -0.25) is 9.59 Å². The first kappa shape index (κ1) is 70.3. The number of unbranched alkanes of at least 4 members (excludes halogenated alkanes) is 46. The molecule has 0 saturated carbocycles. The van der Waals surface area contributed by atoms with E-state index in [4.69, 9.17) is 4.74 Å². The summed E-state index contributed by atoms with van der Waals surface area (Å²) in [5.74, 6) is -0.0298. The van der Waals surface area contributed by atoms with Crippen LogP contribution in [0.1, 0.15) is 361 Å². The van der Waals surface area contributed by atoms with Crippen molar-refractivity contribution in [3.63, 3.8) is 0 Å². The van der Waals surface area contributed by atoms with Crippen molar-refractivity contribution in [1.82, 2.24) is 5.32 Å². The molecule has 6 nitrogen and oxygen atoms in total. The van der Waals surface area contributed by atoms with Gasteiger partial charge in [0.25, 0.3) is 0 Å². The molecule has 0 aromatic heterocycles. The highest BCUT2D eigenvalue weighted by Gasteiger charge is 2.20. The standard InChI is InChI=1S/C66H127NO5/c1-3-5-7-9-11-13-15-17-19-32-36-40-44-48-52-56-60-66(71)72-61-57-53-49-45-41-37-33-30-28-26-24-22-20-21-23-25-27-29-31-35-39-43-47-51-55-59-65(70)67-63(62-68)64(69)58-54-50-46-42-38-34-18-16-14-12-10-8-6-4-2/h19,21,23,32,63-64,68-69H,3-18,20,22,24-31,33-62H2,1-2H3,(H,67,70)/b23-21-,32-19-. The first-order valence-corrected chi connectivity index (χ1v) is 32.6. The average molecular weight is 1010 g/mol. The molecule has 2 unspecified atom stereocenters. The molecule has 426 valence electrons. The summed E-state index contributed by atoms with van der Waals surface area (Å²) < 4.78 is 5.49. The van der Waals surface area contributed by atoms with E-state index in [1.165, 1.54) is 283 Å². The van der Waals surface area contributed by atoms with E-state index in [1.807, 2.05) is 0 Å². The van der Waals surface area contributed by atoms with Gasteiger partial charge < -0.3 is 20.3 Å². The number of amides is 1. The molecular weight excluding hydrogens is 887 g/mol. The minimum atomic E-state index is -0.665. The van der Waals surface area contributed by atoms with E-state index in [1.54, 1.807) is 0 Å². The van der Waals surface area contributed by atoms with Gasteiger partial charge in [0.05, 0.1) is 25.4 Å². The number of rotatable bonds is 61. The molecule has 0 spiro atoms. The van der Waals surface area contributed by atoms with Crippen LogP contribution in [0.15, 0.2) is 24.3 Å². The van der Waals surface area contributed by atoms with Gasteiger partial charge in [0, 0.05) is 12.8 Å². The lowest BCUT2D eigenvalue weighted by Gasteiger charge is -2.22. The van der Waals surface area contributed by atoms with E-state index in [2.05, 4.69) is 43.5 Å². The summed E-state index contributed by atoms with van der Waals surface area (Å²) in [7, 11) is 0. The Kier molecular flexibility index (Phi) is 60.5. The van der Waals surface area contributed by atoms with Crippen LogP contribution >= 0.6 is 0 Å². The zero-order valence-corrected chi connectivity index (χ0v) is 48.7. The van der Waals surface area contributed by atoms with Crippen LogP contribution in [0.3, 0.4) is 0 Å². The molecule has 0 aromatic carbocycles. The van der Waals surface area contributed by atoms with Gasteiger partial charge in [-0.2, -0.15) is 0 Å². The minimum Gasteiger partial charge on any atom is -0.466 e. The van der Waals surface area contributed by atoms with Crippen molar-refractivity contribution in [1.29, 1.82) is 0 Å². The van der Waals surface area contributed by atoms with Crippen molar-refractivity contribution < 1.29 is 24.5 Å². The van der Waals surface area contributed by atoms with E-state index < -0.39 is 12.1 Å². The molecule has 0 fully saturated rings. The topological polar surface area (TPSA) is 95.9 Å². The van der Waals surface area contributed by atoms with Crippen LogP contribution in [-0.2, 0) is 14.3 Å². The second kappa shape index (κ2) is 61.9. The molecule has 3 N–H and O–H groups in total. The largest absolute Gasteiger partial charge is 0.466 e. The summed E-state index contributed by atoms with van der Waals surface area (Å²) in [5.41, 5.74) is 0. The third-order valence-corrected chi connectivity index (χ3v) is 15.2. The van der Waals surface area contributed by atoms with E-state index in [0.717, 1.165) is 44.9 Å². The van der Waals surface area contributed by atoms with Crippen molar-refractivity contribution in [3.05, 3.63) is 24.3 Å². The van der Waals surface area contributed by atoms with Crippen LogP contribution in [0.4, 0.5) is 0 Å². The molecule has 1 amide bonds. The summed E-state index contributed by atoms with van der Waals surface area (Å²) in [6, 6.07) is -0.543. The number of allylic oxidation sites excluding steroid dienone is 4. The second-order valence-electron chi connectivity index (χ2n) is 22.4. The highest BCUT2D eigenvalue weighted by molar-refractivity contribution is 5.76. The Hall–Kier alpha value is -1.66. The summed E-state index contributed by atoms with van der Waals surface area (Å²) in [4.78, 5) is 24.6. The van der Waals surface area contributed by atoms with Gasteiger partial charge in [0.1, 0.15) is 0 Å². The summed E-state index contributed by atoms with van der Waals surface area (Å²) >= 11 is 0. The van der Waals surface area contributed by atoms with Crippen molar-refractivity contribution in [3.8, 4) is 0 Å². The Morgan fingerprint density at radius 2 is 0.653 bits per heavy atom. The van der Waals surface area contributed by atoms with Crippen molar-refractivity contribution in [2.45, 2.75) is 373 Å². The zero-order valence-electron chi connectivity index (χ0n) is 48.7. The molecule has 0 aliphatic heterocycles. The summed E-state index contributed by atoms with van der Waals surface area (Å²) in [6.07, 6.45) is 76.3. The Morgan fingerprint density at radius 1 is 0.375 bits per heavy atom. The SMILES string of the molecule is CCCCCCCCC/C=C\CCCCCCCC(=O)OCCCCCCCCCCCCCC/C=C\CCCCCCCCCCCC(=O)NC(CO)C(O)CCCCCCCCCCCCCCCC. The fraction of sp³-hybridized carbons (Fsp3) is 0.909. The Balaban J connectivity index is 3.38. The summed E-state index contributed by atoms with van der Waals surface area (Å²) in [5, 5.41) is 23.3. The third-order valence-electron chi connectivity index (χ3n) is 15.2. The fourth-order valence-electron chi connectivity index (χ4n) is 10.2. The van der Waals surface area contributed by atoms with Crippen LogP contribution in [0.25, 0.3) is 0 Å². The maximum atomic E-state index is 12.5. The predicted molar refractivity (Wildman–Crippen MR) is 315 cm³/mol. The van der Waals surface area contributed by atoms with Gasteiger partial charge in [0.15, 0.2) is 0 Å². The number of nitrogens with one attached hydrogen (secondary N) is 1. The lowest BCUT2D eigenvalue weighted by molar-refractivity contribution is -0.143. The van der Waals surface area contributed by atoms with E-state index in [0.29, 0.717) is 25.9 Å². The Morgan fingerprint density at radius 3 is 0.986 bits per heavy atom. The number of hydrogen-bond donors (Lipinski definition) is 3. The number of carbonyl (C=O) groups excluding carboxylic acids is 2. The van der Waals surface area contributed by atoms with Gasteiger partial charge in [-0.1, -0.05) is 295 Å². The van der Waals surface area contributed by atoms with Crippen LogP contribution in [0.2, 0.25) is 0 Å². The molecule has 0 rings (SSSR count). The molecule has 6 heteroatoms. The van der Waals surface area contributed by atoms with Crippen molar-refractivity contribution >= 4 is 11.9 Å². The number of aliphatic hydroxyl groups excluding tert-OH is 2. The smallest absolute Gasteiger partial charge is 0.305 e. The molecular formula is C66H127NO5. The number of ether oxygens (including phenoxy) is 1. The molecule has 0 aromatic rings. The normalized spacial score (nSPS) is 12.7. The van der Waals surface area contributed by atoms with E-state index in [-0.39, 0.29) is 18.5 Å². The number of esters is 1. The fourth-order valence-corrected chi connectivity index (χ4v) is 10.2. The molecule has 72 heavy (non-hydrogen) atoms. The lowest BCUT2D eigenvalue weighted by atomic mass is 10.0. The van der Waals surface area contributed by atoms with E-state index >= 15 is 0 Å². The maximum Gasteiger partial charge on any atom is 0.305 e. The molecule has 0 aliphatic carbocycles. The average Bonchev–Trinajstić information content (AvgIpc) is 3.38. The van der Waals surface area contributed by atoms with Crippen LogP contribution < -0.4 is 5.32 Å². The number of carbonyl (C=O) groups is 2. The first-order chi connectivity index (χ1) is 35.5. The van der Waals surface area contributed by atoms with Crippen molar-refractivity contribution in [2.24, 2.45) is 0 Å². The minimum absolute atomic E-state index is 0.00656. The van der Waals surface area contributed by atoms with Crippen LogP contribution in [-0.4, -0.2) is 47.4 Å². The Labute approximate surface area is 450 Å². The van der Waals surface area contributed by atoms with Gasteiger partial charge in [-0.05, 0) is 77.0 Å². The number of aliphatic hydroxyl groups is 2. The zero-order chi connectivity index (χ0) is 52.2. The second-order valence-corrected chi connectivity index (χ2v) is 22.4. The highest BCUT2D eigenvalue weighted by atomic mass is 16.5. The quantitative estimate of drug-likeness (QED) is 0.0320. The highest BCUT2D eigenvalue weighted by Crippen LogP contribution is 2.18. The monoisotopic (exact) mass is 1010 g/mol. The Bertz CT molecular complexity index is 1120. The van der Waals surface area contributed by atoms with Crippen LogP contribution in [0.5, 0.6) is 0 Å².